The molecule has 0 unspecified atom stereocenters. The highest BCUT2D eigenvalue weighted by Crippen LogP contribution is 2.23. The third kappa shape index (κ3) is 6.32. The molecule has 1 amide bonds. The van der Waals surface area contributed by atoms with Gasteiger partial charge in [-0.25, -0.2) is 4.79 Å². The molecule has 1 rings (SSSR count). The summed E-state index contributed by atoms with van der Waals surface area (Å²) in [6.45, 7) is 11.5. The summed E-state index contributed by atoms with van der Waals surface area (Å²) in [5, 5.41) is 12.7. The van der Waals surface area contributed by atoms with E-state index in [9.17, 15) is 14.7 Å². The summed E-state index contributed by atoms with van der Waals surface area (Å²) < 4.78 is 10.6. The number of carbonyl (C=O) groups is 2. The van der Waals surface area contributed by atoms with Crippen LogP contribution in [0.5, 0.6) is 0 Å². The summed E-state index contributed by atoms with van der Waals surface area (Å²) >= 11 is 0. The summed E-state index contributed by atoms with van der Waals surface area (Å²) in [5.74, 6) is -1.26. The molecular weight excluding hydrogens is 286 g/mol. The topological polar surface area (TPSA) is 84.9 Å². The lowest BCUT2D eigenvalue weighted by molar-refractivity contribution is -0.161. The zero-order valence-electron chi connectivity index (χ0n) is 14.4. The maximum absolute atomic E-state index is 12.4. The highest BCUT2D eigenvalue weighted by molar-refractivity contribution is 5.85. The predicted octanol–water partition coefficient (Wildman–Crippen LogP) is 1.26. The molecular formula is C16H29NO5. The van der Waals surface area contributed by atoms with Crippen LogP contribution in [-0.4, -0.2) is 47.9 Å². The Labute approximate surface area is 132 Å². The van der Waals surface area contributed by atoms with Crippen LogP contribution in [0.15, 0.2) is 0 Å². The van der Waals surface area contributed by atoms with Gasteiger partial charge in [-0.15, -0.1) is 0 Å². The van der Waals surface area contributed by atoms with E-state index in [2.05, 4.69) is 5.32 Å². The van der Waals surface area contributed by atoms with Crippen molar-refractivity contribution in [2.45, 2.75) is 65.7 Å². The minimum atomic E-state index is -0.897. The third-order valence-electron chi connectivity index (χ3n) is 3.19. The maximum atomic E-state index is 12.4. The van der Waals surface area contributed by atoms with Crippen molar-refractivity contribution < 1.29 is 24.2 Å². The van der Waals surface area contributed by atoms with Crippen LogP contribution < -0.4 is 5.32 Å². The van der Waals surface area contributed by atoms with Crippen molar-refractivity contribution in [3.8, 4) is 0 Å². The number of aliphatic hydroxyl groups excluding tert-OH is 1. The zero-order chi connectivity index (χ0) is 17.1. The first-order chi connectivity index (χ1) is 9.89. The number of nitrogens with one attached hydrogen (secondary N) is 1. The van der Waals surface area contributed by atoms with Crippen molar-refractivity contribution in [2.75, 3.05) is 13.2 Å². The predicted molar refractivity (Wildman–Crippen MR) is 82.2 cm³/mol. The Balaban J connectivity index is 2.82. The standard InChI is InChI=1S/C16H29NO5/c1-15(2,3)7-12(19)17-13(10-8-21-9-11(10)18)14(20)22-16(4,5)6/h10-11,13,18H,7-9H2,1-6H3,(H,17,19)/t10-,11-,13+/m0/s1. The molecule has 2 N–H and O–H groups in total. The van der Waals surface area contributed by atoms with Crippen molar-refractivity contribution in [1.82, 2.24) is 5.32 Å². The van der Waals surface area contributed by atoms with Crippen molar-refractivity contribution in [2.24, 2.45) is 11.3 Å². The van der Waals surface area contributed by atoms with E-state index < -0.39 is 29.6 Å². The molecule has 1 heterocycles. The highest BCUT2D eigenvalue weighted by Gasteiger charge is 2.41. The molecule has 0 radical (unpaired) electrons. The molecule has 0 spiro atoms. The molecule has 0 aromatic carbocycles. The second-order valence-electron chi connectivity index (χ2n) is 8.08. The number of hydrogen-bond donors (Lipinski definition) is 2. The number of carbonyl (C=O) groups excluding carboxylic acids is 2. The SMILES string of the molecule is CC(C)(C)CC(=O)N[C@@H](C(=O)OC(C)(C)C)[C@H]1COC[C@@H]1O. The normalized spacial score (nSPS) is 24.0. The fourth-order valence-electron chi connectivity index (χ4n) is 2.29. The molecule has 1 saturated heterocycles. The fourth-order valence-corrected chi connectivity index (χ4v) is 2.29. The molecule has 1 aliphatic rings. The van der Waals surface area contributed by atoms with Crippen LogP contribution in [0.3, 0.4) is 0 Å². The van der Waals surface area contributed by atoms with Crippen LogP contribution >= 0.6 is 0 Å². The van der Waals surface area contributed by atoms with Crippen LogP contribution in [0.2, 0.25) is 0 Å². The van der Waals surface area contributed by atoms with Crippen LogP contribution in [0, 0.1) is 11.3 Å². The maximum Gasteiger partial charge on any atom is 0.329 e. The van der Waals surface area contributed by atoms with Crippen LogP contribution in [0.4, 0.5) is 0 Å². The molecule has 128 valence electrons. The summed E-state index contributed by atoms with van der Waals surface area (Å²) in [6, 6.07) is -0.897. The van der Waals surface area contributed by atoms with E-state index in [1.165, 1.54) is 0 Å². The molecule has 0 aromatic rings. The Morgan fingerprint density at radius 3 is 2.23 bits per heavy atom. The lowest BCUT2D eigenvalue weighted by Gasteiger charge is -2.29. The van der Waals surface area contributed by atoms with Gasteiger partial charge in [-0.2, -0.15) is 0 Å². The van der Waals surface area contributed by atoms with E-state index >= 15 is 0 Å². The molecule has 1 aliphatic heterocycles. The number of rotatable bonds is 4. The lowest BCUT2D eigenvalue weighted by Crippen LogP contribution is -2.52. The van der Waals surface area contributed by atoms with Crippen LogP contribution in [-0.2, 0) is 19.1 Å². The number of amides is 1. The average molecular weight is 315 g/mol. The lowest BCUT2D eigenvalue weighted by atomic mass is 9.90. The van der Waals surface area contributed by atoms with Crippen molar-refractivity contribution >= 4 is 11.9 Å². The van der Waals surface area contributed by atoms with E-state index in [1.807, 2.05) is 20.8 Å². The van der Waals surface area contributed by atoms with Gasteiger partial charge in [-0.05, 0) is 26.2 Å². The Hall–Kier alpha value is -1.14. The molecule has 1 fully saturated rings. The second-order valence-corrected chi connectivity index (χ2v) is 8.08. The monoisotopic (exact) mass is 315 g/mol. The average Bonchev–Trinajstić information content (AvgIpc) is 2.67. The van der Waals surface area contributed by atoms with E-state index in [0.29, 0.717) is 0 Å². The van der Waals surface area contributed by atoms with Gasteiger partial charge in [-0.3, -0.25) is 4.79 Å². The minimum absolute atomic E-state index is 0.166. The van der Waals surface area contributed by atoms with Gasteiger partial charge in [0.15, 0.2) is 0 Å². The third-order valence-corrected chi connectivity index (χ3v) is 3.19. The summed E-state index contributed by atoms with van der Waals surface area (Å²) in [5.41, 5.74) is -0.845. The van der Waals surface area contributed by atoms with Crippen molar-refractivity contribution in [1.29, 1.82) is 0 Å². The van der Waals surface area contributed by atoms with Gasteiger partial charge in [0, 0.05) is 12.3 Å². The van der Waals surface area contributed by atoms with Gasteiger partial charge >= 0.3 is 5.97 Å². The highest BCUT2D eigenvalue weighted by atomic mass is 16.6. The molecule has 0 saturated carbocycles. The summed E-state index contributed by atoms with van der Waals surface area (Å²) in [4.78, 5) is 24.6. The number of hydrogen-bond acceptors (Lipinski definition) is 5. The number of ether oxygens (including phenoxy) is 2. The van der Waals surface area contributed by atoms with Crippen LogP contribution in [0.1, 0.15) is 48.0 Å². The molecule has 3 atom stereocenters. The Morgan fingerprint density at radius 1 is 1.23 bits per heavy atom. The van der Waals surface area contributed by atoms with Crippen molar-refractivity contribution in [3.63, 3.8) is 0 Å². The Bertz CT molecular complexity index is 408. The minimum Gasteiger partial charge on any atom is -0.458 e. The number of aliphatic hydroxyl groups is 1. The van der Waals surface area contributed by atoms with Gasteiger partial charge < -0.3 is 19.9 Å². The Kier molecular flexibility index (Phi) is 5.98. The first kappa shape index (κ1) is 18.9. The first-order valence-electron chi connectivity index (χ1n) is 7.67. The zero-order valence-corrected chi connectivity index (χ0v) is 14.4. The quantitative estimate of drug-likeness (QED) is 0.763. The fraction of sp³-hybridized carbons (Fsp3) is 0.875. The molecule has 0 bridgehead atoms. The summed E-state index contributed by atoms with van der Waals surface area (Å²) in [7, 11) is 0. The van der Waals surface area contributed by atoms with Gasteiger partial charge in [0.2, 0.25) is 5.91 Å². The van der Waals surface area contributed by atoms with E-state index in [-0.39, 0.29) is 31.0 Å². The van der Waals surface area contributed by atoms with Crippen molar-refractivity contribution in [3.05, 3.63) is 0 Å². The molecule has 0 aliphatic carbocycles. The molecule has 0 aromatic heterocycles. The van der Waals surface area contributed by atoms with Gasteiger partial charge in [0.25, 0.3) is 0 Å². The Morgan fingerprint density at radius 2 is 1.82 bits per heavy atom. The van der Waals surface area contributed by atoms with Crippen LogP contribution in [0.25, 0.3) is 0 Å². The molecule has 6 heteroatoms. The van der Waals surface area contributed by atoms with E-state index in [1.54, 1.807) is 20.8 Å². The van der Waals surface area contributed by atoms with Gasteiger partial charge in [0.05, 0.1) is 19.3 Å². The molecule has 22 heavy (non-hydrogen) atoms. The first-order valence-corrected chi connectivity index (χ1v) is 7.67. The van der Waals surface area contributed by atoms with Gasteiger partial charge in [-0.1, -0.05) is 20.8 Å². The van der Waals surface area contributed by atoms with Gasteiger partial charge in [0.1, 0.15) is 11.6 Å². The molecule has 6 nitrogen and oxygen atoms in total. The number of esters is 1. The van der Waals surface area contributed by atoms with E-state index in [0.717, 1.165) is 0 Å². The largest absolute Gasteiger partial charge is 0.458 e. The van der Waals surface area contributed by atoms with E-state index in [4.69, 9.17) is 9.47 Å². The smallest absolute Gasteiger partial charge is 0.329 e. The summed E-state index contributed by atoms with van der Waals surface area (Å²) in [6.07, 6.45) is -0.497. The second kappa shape index (κ2) is 6.96.